The largest absolute Gasteiger partial charge is 0.508 e. The molecular formula is C28H28FN5O6S2. The molecule has 0 radical (unpaired) electrons. The standard InChI is InChI=1S/C28H28FN5O6S2/c1-4-32-13-19(26(38)39)24(37)18-11-20(29)23(25(40-3)22(18)32)33-9-10-34(15(2)12-33)27-30-31-28(42-27)41-14-21(36)16-5-7-17(35)8-6-16/h5-8,11,13,15,35H,4,9-10,12,14H2,1-3H3,(H,38,39). The number of anilines is 2. The van der Waals surface area contributed by atoms with Crippen LogP contribution in [0.1, 0.15) is 34.6 Å². The number of aromatic hydroxyl groups is 1. The minimum absolute atomic E-state index is 0.0516. The zero-order valence-electron chi connectivity index (χ0n) is 23.0. The Hall–Kier alpha value is -4.17. The van der Waals surface area contributed by atoms with Gasteiger partial charge in [-0.15, -0.1) is 10.2 Å². The number of phenols is 1. The van der Waals surface area contributed by atoms with Crippen molar-refractivity contribution in [2.24, 2.45) is 0 Å². The highest BCUT2D eigenvalue weighted by Gasteiger charge is 2.31. The average Bonchev–Trinajstić information content (AvgIpc) is 3.44. The van der Waals surface area contributed by atoms with Gasteiger partial charge in [-0.1, -0.05) is 23.1 Å². The van der Waals surface area contributed by atoms with Crippen LogP contribution in [-0.2, 0) is 6.54 Å². The van der Waals surface area contributed by atoms with E-state index in [1.807, 2.05) is 11.8 Å². The van der Waals surface area contributed by atoms with E-state index in [4.69, 9.17) is 4.74 Å². The van der Waals surface area contributed by atoms with Crippen LogP contribution in [-0.4, -0.2) is 75.3 Å². The van der Waals surface area contributed by atoms with E-state index in [0.29, 0.717) is 46.7 Å². The van der Waals surface area contributed by atoms with Gasteiger partial charge in [-0.3, -0.25) is 9.59 Å². The SMILES string of the molecule is CCn1cc(C(=O)O)c(=O)c2cc(F)c(N3CCN(c4nnc(SCC(=O)c5ccc(O)cc5)s4)C(C)C3)c(OC)c21. The second kappa shape index (κ2) is 12.0. The molecule has 220 valence electrons. The first kappa shape index (κ1) is 29.3. The smallest absolute Gasteiger partial charge is 0.341 e. The third-order valence-electron chi connectivity index (χ3n) is 7.12. The summed E-state index contributed by atoms with van der Waals surface area (Å²) < 4.78 is 23.5. The molecule has 0 spiro atoms. The number of carboxylic acid groups (broad SMARTS) is 1. The Morgan fingerprint density at radius 3 is 2.60 bits per heavy atom. The number of phenolic OH excluding ortho intramolecular Hbond substituents is 1. The predicted octanol–water partition coefficient (Wildman–Crippen LogP) is 4.11. The first-order chi connectivity index (χ1) is 20.1. The third-order valence-corrected chi connectivity index (χ3v) is 9.21. The summed E-state index contributed by atoms with van der Waals surface area (Å²) in [5.41, 5.74) is -0.139. The van der Waals surface area contributed by atoms with E-state index in [9.17, 15) is 24.6 Å². The van der Waals surface area contributed by atoms with Crippen LogP contribution in [0, 0.1) is 5.82 Å². The number of methoxy groups -OCH3 is 1. The molecule has 2 N–H and O–H groups in total. The van der Waals surface area contributed by atoms with Gasteiger partial charge in [0, 0.05) is 44.0 Å². The summed E-state index contributed by atoms with van der Waals surface area (Å²) >= 11 is 2.67. The highest BCUT2D eigenvalue weighted by molar-refractivity contribution is 8.01. The number of carbonyl (C=O) groups is 2. The van der Waals surface area contributed by atoms with Gasteiger partial charge in [0.25, 0.3) is 0 Å². The summed E-state index contributed by atoms with van der Waals surface area (Å²) in [6, 6.07) is 7.10. The number of pyridine rings is 1. The fourth-order valence-corrected chi connectivity index (χ4v) is 6.92. The van der Waals surface area contributed by atoms with Crippen molar-refractivity contribution in [3.05, 3.63) is 63.7 Å². The Morgan fingerprint density at radius 2 is 1.95 bits per heavy atom. The molecule has 0 saturated carbocycles. The molecule has 1 atom stereocenters. The highest BCUT2D eigenvalue weighted by atomic mass is 32.2. The van der Waals surface area contributed by atoms with E-state index in [2.05, 4.69) is 15.1 Å². The van der Waals surface area contributed by atoms with Crippen LogP contribution in [0.5, 0.6) is 11.5 Å². The van der Waals surface area contributed by atoms with Crippen molar-refractivity contribution in [1.29, 1.82) is 0 Å². The Balaban J connectivity index is 1.35. The molecule has 0 bridgehead atoms. The van der Waals surface area contributed by atoms with Gasteiger partial charge in [-0.25, -0.2) is 9.18 Å². The van der Waals surface area contributed by atoms with Crippen molar-refractivity contribution in [3.8, 4) is 11.5 Å². The first-order valence-corrected chi connectivity index (χ1v) is 14.9. The molecular weight excluding hydrogens is 585 g/mol. The summed E-state index contributed by atoms with van der Waals surface area (Å²) in [5, 5.41) is 28.1. The number of nitrogens with zero attached hydrogens (tertiary/aromatic N) is 5. The summed E-state index contributed by atoms with van der Waals surface area (Å²) in [7, 11) is 1.40. The van der Waals surface area contributed by atoms with Crippen LogP contribution in [0.2, 0.25) is 0 Å². The van der Waals surface area contributed by atoms with Crippen molar-refractivity contribution in [1.82, 2.24) is 14.8 Å². The Labute approximate surface area is 248 Å². The zero-order valence-corrected chi connectivity index (χ0v) is 24.7. The second-order valence-corrected chi connectivity index (χ2v) is 11.9. The number of aryl methyl sites for hydroxylation is 1. The minimum Gasteiger partial charge on any atom is -0.508 e. The van der Waals surface area contributed by atoms with E-state index >= 15 is 4.39 Å². The highest BCUT2D eigenvalue weighted by Crippen LogP contribution is 2.40. The predicted molar refractivity (Wildman–Crippen MR) is 159 cm³/mol. The number of aromatic carboxylic acids is 1. The molecule has 11 nitrogen and oxygen atoms in total. The molecule has 2 aromatic carbocycles. The number of hydrogen-bond acceptors (Lipinski definition) is 11. The molecule has 42 heavy (non-hydrogen) atoms. The minimum atomic E-state index is -1.38. The van der Waals surface area contributed by atoms with Gasteiger partial charge in [0.15, 0.2) is 21.7 Å². The van der Waals surface area contributed by atoms with Gasteiger partial charge in [0.2, 0.25) is 10.6 Å². The van der Waals surface area contributed by atoms with Crippen molar-refractivity contribution >= 4 is 56.6 Å². The van der Waals surface area contributed by atoms with Gasteiger partial charge in [0.1, 0.15) is 17.0 Å². The maximum absolute atomic E-state index is 15.6. The number of carboxylic acids is 1. The number of fused-ring (bicyclic) bond motifs is 1. The molecule has 1 fully saturated rings. The number of benzene rings is 2. The number of Topliss-reactive ketones (excluding diaryl/α,β-unsaturated/α-hetero) is 1. The van der Waals surface area contributed by atoms with E-state index in [1.165, 1.54) is 48.5 Å². The molecule has 1 aliphatic rings. The quantitative estimate of drug-likeness (QED) is 0.208. The number of carbonyl (C=O) groups excluding carboxylic acids is 1. The lowest BCUT2D eigenvalue weighted by Gasteiger charge is -2.41. The molecule has 4 aromatic rings. The maximum Gasteiger partial charge on any atom is 0.341 e. The fourth-order valence-electron chi connectivity index (χ4n) is 5.06. The van der Waals surface area contributed by atoms with Crippen LogP contribution in [0.15, 0.2) is 45.7 Å². The summed E-state index contributed by atoms with van der Waals surface area (Å²) in [6.45, 7) is 5.49. The average molecular weight is 614 g/mol. The number of halogens is 1. The van der Waals surface area contributed by atoms with Crippen LogP contribution in [0.4, 0.5) is 15.2 Å². The van der Waals surface area contributed by atoms with Crippen molar-refractivity contribution < 1.29 is 28.9 Å². The van der Waals surface area contributed by atoms with Gasteiger partial charge in [0.05, 0.1) is 23.8 Å². The second-order valence-electron chi connectivity index (χ2n) is 9.70. The summed E-state index contributed by atoms with van der Waals surface area (Å²) in [4.78, 5) is 40.9. The lowest BCUT2D eigenvalue weighted by Crippen LogP contribution is -2.52. The van der Waals surface area contributed by atoms with Gasteiger partial charge >= 0.3 is 5.97 Å². The van der Waals surface area contributed by atoms with Crippen LogP contribution in [0.25, 0.3) is 10.9 Å². The lowest BCUT2D eigenvalue weighted by molar-refractivity contribution is 0.0694. The van der Waals surface area contributed by atoms with Gasteiger partial charge < -0.3 is 29.3 Å². The zero-order chi connectivity index (χ0) is 30.1. The topological polar surface area (TPSA) is 138 Å². The molecule has 5 rings (SSSR count). The van der Waals surface area contributed by atoms with E-state index in [1.54, 1.807) is 23.6 Å². The Bertz CT molecular complexity index is 1720. The summed E-state index contributed by atoms with van der Waals surface area (Å²) in [5.74, 6) is -1.68. The molecule has 14 heteroatoms. The van der Waals surface area contributed by atoms with E-state index < -0.39 is 22.8 Å². The number of ether oxygens (including phenoxy) is 1. The number of ketones is 1. The number of thioether (sulfide) groups is 1. The van der Waals surface area contributed by atoms with Crippen molar-refractivity contribution in [2.75, 3.05) is 42.3 Å². The van der Waals surface area contributed by atoms with E-state index in [0.717, 1.165) is 6.07 Å². The van der Waals surface area contributed by atoms with Crippen molar-refractivity contribution in [3.63, 3.8) is 0 Å². The van der Waals surface area contributed by atoms with Crippen LogP contribution in [0.3, 0.4) is 0 Å². The third kappa shape index (κ3) is 5.51. The molecule has 3 heterocycles. The fraction of sp³-hybridized carbons (Fsp3) is 0.321. The van der Waals surface area contributed by atoms with Gasteiger partial charge in [-0.05, 0) is 44.2 Å². The normalized spacial score (nSPS) is 15.3. The molecule has 1 saturated heterocycles. The Kier molecular flexibility index (Phi) is 8.36. The molecule has 0 amide bonds. The molecule has 2 aromatic heterocycles. The van der Waals surface area contributed by atoms with Gasteiger partial charge in [-0.2, -0.15) is 0 Å². The Morgan fingerprint density at radius 1 is 1.21 bits per heavy atom. The molecule has 1 aliphatic heterocycles. The summed E-state index contributed by atoms with van der Waals surface area (Å²) in [6.07, 6.45) is 1.26. The maximum atomic E-state index is 15.6. The van der Waals surface area contributed by atoms with E-state index in [-0.39, 0.29) is 40.2 Å². The molecule has 0 aliphatic carbocycles. The number of rotatable bonds is 9. The number of hydrogen-bond donors (Lipinski definition) is 2. The van der Waals surface area contributed by atoms with Crippen LogP contribution < -0.4 is 20.0 Å². The molecule has 1 unspecified atom stereocenters. The monoisotopic (exact) mass is 613 g/mol. The number of piperazine rings is 1. The number of aromatic nitrogens is 3. The lowest BCUT2D eigenvalue weighted by atomic mass is 10.1. The van der Waals surface area contributed by atoms with Crippen molar-refractivity contribution in [2.45, 2.75) is 30.8 Å². The first-order valence-electron chi connectivity index (χ1n) is 13.1. The van der Waals surface area contributed by atoms with Crippen LogP contribution >= 0.6 is 23.1 Å².